The lowest BCUT2D eigenvalue weighted by Crippen LogP contribution is -2.40. The lowest BCUT2D eigenvalue weighted by molar-refractivity contribution is -0.267. The first-order chi connectivity index (χ1) is 4.47. The largest absolute Gasteiger partial charge is 0.355 e. The molecule has 0 aromatic carbocycles. The topological polar surface area (TPSA) is 27.7 Å². The van der Waals surface area contributed by atoms with Crippen LogP contribution < -0.4 is 0 Å². The predicted molar refractivity (Wildman–Crippen MR) is 29.8 cm³/mol. The van der Waals surface area contributed by atoms with E-state index in [-0.39, 0.29) is 6.29 Å². The molecule has 0 aliphatic carbocycles. The molecule has 2 fully saturated rings. The van der Waals surface area contributed by atoms with Crippen LogP contribution in [0.25, 0.3) is 0 Å². The lowest BCUT2D eigenvalue weighted by atomic mass is 10.0. The highest BCUT2D eigenvalue weighted by Crippen LogP contribution is 2.26. The van der Waals surface area contributed by atoms with Crippen LogP contribution in [0.1, 0.15) is 6.42 Å². The Morgan fingerprint density at radius 3 is 3.00 bits per heavy atom. The second kappa shape index (κ2) is 2.25. The van der Waals surface area contributed by atoms with Crippen LogP contribution in [-0.2, 0) is 14.2 Å². The average molecular weight is 130 g/mol. The van der Waals surface area contributed by atoms with Gasteiger partial charge in [-0.05, 0) is 6.42 Å². The van der Waals surface area contributed by atoms with Gasteiger partial charge >= 0.3 is 0 Å². The molecule has 2 atom stereocenters. The summed E-state index contributed by atoms with van der Waals surface area (Å²) in [6.07, 6.45) is 1.14. The summed E-state index contributed by atoms with van der Waals surface area (Å²) in [7, 11) is 0. The Bertz CT molecular complexity index is 92.5. The molecule has 0 amide bonds. The molecule has 9 heavy (non-hydrogen) atoms. The predicted octanol–water partition coefficient (Wildman–Crippen LogP) is 0.353. The van der Waals surface area contributed by atoms with Gasteiger partial charge < -0.3 is 14.2 Å². The van der Waals surface area contributed by atoms with Gasteiger partial charge in [0.1, 0.15) is 6.79 Å². The van der Waals surface area contributed by atoms with Gasteiger partial charge in [0.15, 0.2) is 6.29 Å². The van der Waals surface area contributed by atoms with E-state index in [9.17, 15) is 0 Å². The quantitative estimate of drug-likeness (QED) is 0.473. The van der Waals surface area contributed by atoms with Gasteiger partial charge in [0.05, 0.1) is 6.61 Å². The summed E-state index contributed by atoms with van der Waals surface area (Å²) in [6, 6.07) is 0. The average Bonchev–Trinajstić information content (AvgIpc) is 1.94. The molecule has 0 N–H and O–H groups in total. The van der Waals surface area contributed by atoms with E-state index in [0.29, 0.717) is 12.7 Å². The van der Waals surface area contributed by atoms with E-state index in [2.05, 4.69) is 0 Å². The van der Waals surface area contributed by atoms with Crippen molar-refractivity contribution in [2.75, 3.05) is 20.0 Å². The van der Waals surface area contributed by atoms with E-state index in [1.807, 2.05) is 0 Å². The van der Waals surface area contributed by atoms with Crippen molar-refractivity contribution in [1.29, 1.82) is 0 Å². The van der Waals surface area contributed by atoms with Crippen molar-refractivity contribution in [3.63, 3.8) is 0 Å². The van der Waals surface area contributed by atoms with Crippen molar-refractivity contribution in [3.05, 3.63) is 0 Å². The summed E-state index contributed by atoms with van der Waals surface area (Å²) < 4.78 is 15.3. The molecule has 2 aliphatic rings. The maximum atomic E-state index is 5.16. The van der Waals surface area contributed by atoms with Crippen molar-refractivity contribution < 1.29 is 14.2 Å². The molecule has 0 radical (unpaired) electrons. The van der Waals surface area contributed by atoms with Gasteiger partial charge in [-0.2, -0.15) is 0 Å². The van der Waals surface area contributed by atoms with Gasteiger partial charge in [-0.25, -0.2) is 0 Å². The minimum atomic E-state index is 0.0486. The minimum Gasteiger partial charge on any atom is -0.355 e. The van der Waals surface area contributed by atoms with Crippen molar-refractivity contribution in [1.82, 2.24) is 0 Å². The van der Waals surface area contributed by atoms with Crippen molar-refractivity contribution in [3.8, 4) is 0 Å². The van der Waals surface area contributed by atoms with Crippen LogP contribution in [0.15, 0.2) is 0 Å². The summed E-state index contributed by atoms with van der Waals surface area (Å²) in [5.74, 6) is 0.604. The van der Waals surface area contributed by atoms with Crippen LogP contribution in [0.5, 0.6) is 0 Å². The van der Waals surface area contributed by atoms with E-state index < -0.39 is 0 Å². The third kappa shape index (κ3) is 0.956. The summed E-state index contributed by atoms with van der Waals surface area (Å²) in [4.78, 5) is 0. The molecule has 3 nitrogen and oxygen atoms in total. The molecule has 52 valence electrons. The second-order valence-corrected chi connectivity index (χ2v) is 2.44. The van der Waals surface area contributed by atoms with Crippen LogP contribution in [0, 0.1) is 5.92 Å². The lowest BCUT2D eigenvalue weighted by Gasteiger charge is -2.33. The Kier molecular flexibility index (Phi) is 1.41. The van der Waals surface area contributed by atoms with E-state index in [0.717, 1.165) is 19.6 Å². The molecular weight excluding hydrogens is 120 g/mol. The molecule has 0 saturated carbocycles. The molecule has 2 unspecified atom stereocenters. The van der Waals surface area contributed by atoms with E-state index >= 15 is 0 Å². The first-order valence-electron chi connectivity index (χ1n) is 3.28. The Labute approximate surface area is 53.9 Å². The molecule has 0 bridgehead atoms. The van der Waals surface area contributed by atoms with Crippen LogP contribution in [-0.4, -0.2) is 26.3 Å². The first-order valence-corrected chi connectivity index (χ1v) is 3.28. The molecule has 2 heterocycles. The third-order valence-electron chi connectivity index (χ3n) is 1.81. The van der Waals surface area contributed by atoms with Crippen LogP contribution in [0.2, 0.25) is 0 Å². The Morgan fingerprint density at radius 2 is 2.22 bits per heavy atom. The van der Waals surface area contributed by atoms with Gasteiger partial charge in [-0.3, -0.25) is 0 Å². The zero-order chi connectivity index (χ0) is 6.10. The highest BCUT2D eigenvalue weighted by atomic mass is 16.8. The first kappa shape index (κ1) is 5.65. The maximum absolute atomic E-state index is 5.16. The minimum absolute atomic E-state index is 0.0486. The molecule has 0 spiro atoms. The number of hydrogen-bond donors (Lipinski definition) is 0. The standard InChI is InChI=1S/C6H10O3/c1-2-7-4-9-6-5(1)3-8-6/h5-6H,1-4H2. The second-order valence-electron chi connectivity index (χ2n) is 2.44. The highest BCUT2D eigenvalue weighted by molar-refractivity contribution is 4.72. The molecule has 3 heteroatoms. The summed E-state index contributed by atoms with van der Waals surface area (Å²) in [6.45, 7) is 2.08. The Morgan fingerprint density at radius 1 is 1.22 bits per heavy atom. The fraction of sp³-hybridized carbons (Fsp3) is 1.00. The van der Waals surface area contributed by atoms with Crippen LogP contribution in [0.3, 0.4) is 0 Å². The smallest absolute Gasteiger partial charge is 0.165 e. The van der Waals surface area contributed by atoms with E-state index in [1.54, 1.807) is 0 Å². The normalized spacial score (nSPS) is 42.7. The van der Waals surface area contributed by atoms with Crippen molar-refractivity contribution in [2.24, 2.45) is 5.92 Å². The van der Waals surface area contributed by atoms with Gasteiger partial charge in [-0.15, -0.1) is 0 Å². The van der Waals surface area contributed by atoms with Crippen LogP contribution in [0.4, 0.5) is 0 Å². The fourth-order valence-electron chi connectivity index (χ4n) is 1.12. The SMILES string of the molecule is C1CC2COC2OCO1. The molecule has 2 rings (SSSR count). The zero-order valence-corrected chi connectivity index (χ0v) is 5.21. The summed E-state index contributed by atoms with van der Waals surface area (Å²) >= 11 is 0. The number of fused-ring (bicyclic) bond motifs is 1. The number of hydrogen-bond acceptors (Lipinski definition) is 3. The number of ether oxygens (including phenoxy) is 3. The van der Waals surface area contributed by atoms with Crippen molar-refractivity contribution in [2.45, 2.75) is 12.7 Å². The van der Waals surface area contributed by atoms with Gasteiger partial charge in [-0.1, -0.05) is 0 Å². The maximum Gasteiger partial charge on any atom is 0.165 e. The van der Waals surface area contributed by atoms with E-state index in [1.165, 1.54) is 0 Å². The van der Waals surface area contributed by atoms with E-state index in [4.69, 9.17) is 14.2 Å². The molecule has 2 saturated heterocycles. The molecule has 0 aromatic heterocycles. The van der Waals surface area contributed by atoms with Crippen molar-refractivity contribution >= 4 is 0 Å². The third-order valence-corrected chi connectivity index (χ3v) is 1.81. The monoisotopic (exact) mass is 130 g/mol. The van der Waals surface area contributed by atoms with Gasteiger partial charge in [0.2, 0.25) is 0 Å². The Balaban J connectivity index is 1.90. The molecule has 2 aliphatic heterocycles. The van der Waals surface area contributed by atoms with Gasteiger partial charge in [0, 0.05) is 12.5 Å². The molecule has 0 aromatic rings. The van der Waals surface area contributed by atoms with Crippen LogP contribution >= 0.6 is 0 Å². The fourth-order valence-corrected chi connectivity index (χ4v) is 1.12. The summed E-state index contributed by atoms with van der Waals surface area (Å²) in [5.41, 5.74) is 0. The Hall–Kier alpha value is -0.120. The zero-order valence-electron chi connectivity index (χ0n) is 5.21. The molecular formula is C6H10O3. The highest BCUT2D eigenvalue weighted by Gasteiger charge is 2.34. The summed E-state index contributed by atoms with van der Waals surface area (Å²) in [5, 5.41) is 0. The number of rotatable bonds is 0. The van der Waals surface area contributed by atoms with Gasteiger partial charge in [0.25, 0.3) is 0 Å².